The summed E-state index contributed by atoms with van der Waals surface area (Å²) in [6, 6.07) is 0. The first-order valence-corrected chi connectivity index (χ1v) is 10.5. The van der Waals surface area contributed by atoms with Gasteiger partial charge in [-0.2, -0.15) is 0 Å². The molecule has 0 aromatic heterocycles. The van der Waals surface area contributed by atoms with E-state index in [1.165, 1.54) is 0 Å². The molecule has 3 heteroatoms. The third kappa shape index (κ3) is 2.31. The lowest BCUT2D eigenvalue weighted by molar-refractivity contribution is -0.203. The largest absolute Gasteiger partial charge is 0.393 e. The number of carbonyl (C=O) groups is 1. The fourth-order valence-electron chi connectivity index (χ4n) is 8.36. The van der Waals surface area contributed by atoms with Gasteiger partial charge in [-0.3, -0.25) is 4.79 Å². The Balaban J connectivity index is 1.77. The molecule has 4 aliphatic carbocycles. The molecule has 0 spiro atoms. The Morgan fingerprint density at radius 3 is 2.50 bits per heavy atom. The first-order chi connectivity index (χ1) is 12.2. The lowest BCUT2D eigenvalue weighted by Crippen LogP contribution is -2.64. The van der Waals surface area contributed by atoms with Gasteiger partial charge in [0.25, 0.3) is 0 Å². The number of ketones is 1. The number of terminal acetylenes is 1. The van der Waals surface area contributed by atoms with Crippen molar-refractivity contribution >= 4 is 5.78 Å². The van der Waals surface area contributed by atoms with Crippen LogP contribution in [0.1, 0.15) is 72.1 Å². The molecule has 2 N–H and O–H groups in total. The fourth-order valence-corrected chi connectivity index (χ4v) is 8.36. The highest BCUT2D eigenvalue weighted by atomic mass is 16.3. The fraction of sp³-hybridized carbons (Fsp3) is 0.870. The van der Waals surface area contributed by atoms with Crippen LogP contribution in [0.3, 0.4) is 0 Å². The quantitative estimate of drug-likeness (QED) is 0.705. The van der Waals surface area contributed by atoms with E-state index < -0.39 is 5.60 Å². The Labute approximate surface area is 157 Å². The molecule has 26 heavy (non-hydrogen) atoms. The van der Waals surface area contributed by atoms with Crippen molar-refractivity contribution in [1.29, 1.82) is 0 Å². The number of hydrogen-bond acceptors (Lipinski definition) is 3. The number of aliphatic hydroxyl groups is 2. The number of rotatable bonds is 1. The van der Waals surface area contributed by atoms with Crippen LogP contribution in [0.4, 0.5) is 0 Å². The molecular weight excluding hydrogens is 324 g/mol. The maximum Gasteiger partial charge on any atom is 0.133 e. The minimum atomic E-state index is -1.14. The van der Waals surface area contributed by atoms with Crippen molar-refractivity contribution in [3.63, 3.8) is 0 Å². The number of Topliss-reactive ketones (excluding diaryl/α,β-unsaturated/α-hetero) is 1. The van der Waals surface area contributed by atoms with Crippen LogP contribution >= 0.6 is 0 Å². The molecule has 0 saturated heterocycles. The number of hydrogen-bond donors (Lipinski definition) is 2. The van der Waals surface area contributed by atoms with E-state index in [-0.39, 0.29) is 34.6 Å². The third-order valence-corrected chi connectivity index (χ3v) is 9.32. The third-order valence-electron chi connectivity index (χ3n) is 9.32. The number of carbonyl (C=O) groups excluding carboxylic acids is 1. The van der Waals surface area contributed by atoms with Gasteiger partial charge in [0, 0.05) is 11.8 Å². The van der Waals surface area contributed by atoms with Gasteiger partial charge in [0.05, 0.1) is 6.10 Å². The van der Waals surface area contributed by atoms with Crippen molar-refractivity contribution in [3.05, 3.63) is 0 Å². The average molecular weight is 359 g/mol. The molecule has 4 rings (SSSR count). The summed E-state index contributed by atoms with van der Waals surface area (Å²) < 4.78 is 0. The van der Waals surface area contributed by atoms with Gasteiger partial charge in [-0.25, -0.2) is 0 Å². The van der Waals surface area contributed by atoms with Gasteiger partial charge < -0.3 is 10.2 Å². The Kier molecular flexibility index (Phi) is 4.14. The van der Waals surface area contributed by atoms with E-state index in [4.69, 9.17) is 6.42 Å². The second kappa shape index (κ2) is 5.82. The standard InChI is InChI=1S/C23H34O3/c1-5-23(26)13-22(4)18(14(2)24)8-9-19(22)17-7-6-15-12-16(25)10-11-21(15,3)20(17)23/h1,15-20,25-26H,6-13H2,2-4H3/t15-,16-,17+,18-,19+,20+,21+,22-,23+/m1/s1. The van der Waals surface area contributed by atoms with Crippen LogP contribution in [0.5, 0.6) is 0 Å². The topological polar surface area (TPSA) is 57.5 Å². The van der Waals surface area contributed by atoms with Gasteiger partial charge in [-0.1, -0.05) is 19.8 Å². The van der Waals surface area contributed by atoms with E-state index in [2.05, 4.69) is 19.8 Å². The highest BCUT2D eigenvalue weighted by Gasteiger charge is 2.67. The summed E-state index contributed by atoms with van der Waals surface area (Å²) in [5.41, 5.74) is -1.31. The summed E-state index contributed by atoms with van der Waals surface area (Å²) in [4.78, 5) is 12.3. The van der Waals surface area contributed by atoms with E-state index in [1.807, 2.05) is 0 Å². The van der Waals surface area contributed by atoms with Crippen molar-refractivity contribution < 1.29 is 15.0 Å². The Morgan fingerprint density at radius 1 is 1.12 bits per heavy atom. The monoisotopic (exact) mass is 358 g/mol. The average Bonchev–Trinajstić information content (AvgIpc) is 2.91. The highest BCUT2D eigenvalue weighted by molar-refractivity contribution is 5.79. The molecule has 0 heterocycles. The minimum absolute atomic E-state index is 0.00108. The minimum Gasteiger partial charge on any atom is -0.393 e. The van der Waals surface area contributed by atoms with Crippen LogP contribution in [0.25, 0.3) is 0 Å². The molecule has 0 amide bonds. The van der Waals surface area contributed by atoms with Crippen molar-refractivity contribution in [2.45, 2.75) is 83.8 Å². The van der Waals surface area contributed by atoms with E-state index in [1.54, 1.807) is 6.92 Å². The molecular formula is C23H34O3. The number of fused-ring (bicyclic) bond motifs is 5. The molecule has 4 fully saturated rings. The van der Waals surface area contributed by atoms with Gasteiger partial charge in [0.1, 0.15) is 11.4 Å². The molecule has 4 aliphatic rings. The van der Waals surface area contributed by atoms with Crippen molar-refractivity contribution in [3.8, 4) is 12.3 Å². The number of aliphatic hydroxyl groups excluding tert-OH is 1. The van der Waals surface area contributed by atoms with Crippen molar-refractivity contribution in [2.24, 2.45) is 40.4 Å². The van der Waals surface area contributed by atoms with Crippen LogP contribution in [0, 0.1) is 52.8 Å². The Hall–Kier alpha value is -0.850. The van der Waals surface area contributed by atoms with Gasteiger partial charge in [0.15, 0.2) is 0 Å². The zero-order chi connectivity index (χ0) is 18.9. The maximum absolute atomic E-state index is 12.3. The summed E-state index contributed by atoms with van der Waals surface area (Å²) in [5.74, 6) is 4.54. The van der Waals surface area contributed by atoms with Crippen LogP contribution in [-0.2, 0) is 4.79 Å². The van der Waals surface area contributed by atoms with E-state index in [0.717, 1.165) is 44.9 Å². The van der Waals surface area contributed by atoms with Crippen LogP contribution in [0.2, 0.25) is 0 Å². The molecule has 0 aliphatic heterocycles. The van der Waals surface area contributed by atoms with Gasteiger partial charge in [0.2, 0.25) is 0 Å². The van der Waals surface area contributed by atoms with Crippen molar-refractivity contribution in [1.82, 2.24) is 0 Å². The summed E-state index contributed by atoms with van der Waals surface area (Å²) in [7, 11) is 0. The molecule has 9 atom stereocenters. The molecule has 0 unspecified atom stereocenters. The van der Waals surface area contributed by atoms with E-state index >= 15 is 0 Å². The Morgan fingerprint density at radius 2 is 1.85 bits per heavy atom. The summed E-state index contributed by atoms with van der Waals surface area (Å²) >= 11 is 0. The zero-order valence-corrected chi connectivity index (χ0v) is 16.5. The molecule has 3 nitrogen and oxygen atoms in total. The molecule has 0 aromatic rings. The lowest BCUT2D eigenvalue weighted by atomic mass is 9.41. The van der Waals surface area contributed by atoms with E-state index in [0.29, 0.717) is 24.2 Å². The molecule has 0 aromatic carbocycles. The van der Waals surface area contributed by atoms with Crippen molar-refractivity contribution in [2.75, 3.05) is 0 Å². The molecule has 144 valence electrons. The normalized spacial score (nSPS) is 56.0. The lowest BCUT2D eigenvalue weighted by Gasteiger charge is -2.64. The van der Waals surface area contributed by atoms with Crippen LogP contribution in [-0.4, -0.2) is 27.7 Å². The van der Waals surface area contributed by atoms with Crippen LogP contribution < -0.4 is 0 Å². The maximum atomic E-state index is 12.3. The first kappa shape index (κ1) is 18.5. The molecule has 4 saturated carbocycles. The SMILES string of the molecule is C#C[C@]1(O)C[C@]2(C)[C@@H](C(C)=O)CC[C@H]2[C@@H]2CC[C@@H]3C[C@H](O)CC[C@]3(C)[C@H]21. The summed E-state index contributed by atoms with van der Waals surface area (Å²) in [6.07, 6.45) is 13.2. The second-order valence-electron chi connectivity index (χ2n) is 10.4. The van der Waals surface area contributed by atoms with Crippen LogP contribution in [0.15, 0.2) is 0 Å². The molecule has 0 radical (unpaired) electrons. The predicted octanol–water partition coefficient (Wildman–Crippen LogP) is 3.57. The smallest absolute Gasteiger partial charge is 0.133 e. The first-order valence-electron chi connectivity index (χ1n) is 10.5. The highest BCUT2D eigenvalue weighted by Crippen LogP contribution is 2.69. The molecule has 0 bridgehead atoms. The van der Waals surface area contributed by atoms with Gasteiger partial charge >= 0.3 is 0 Å². The zero-order valence-electron chi connectivity index (χ0n) is 16.5. The Bertz CT molecular complexity index is 650. The predicted molar refractivity (Wildman–Crippen MR) is 101 cm³/mol. The van der Waals surface area contributed by atoms with E-state index in [9.17, 15) is 15.0 Å². The summed E-state index contributed by atoms with van der Waals surface area (Å²) in [5, 5.41) is 21.9. The summed E-state index contributed by atoms with van der Waals surface area (Å²) in [6.45, 7) is 6.25. The van der Waals surface area contributed by atoms with Gasteiger partial charge in [-0.15, -0.1) is 6.42 Å². The second-order valence-corrected chi connectivity index (χ2v) is 10.4. The van der Waals surface area contributed by atoms with Gasteiger partial charge in [-0.05, 0) is 86.9 Å².